The number of rotatable bonds is 2. The van der Waals surface area contributed by atoms with E-state index in [4.69, 9.17) is 0 Å². The van der Waals surface area contributed by atoms with E-state index < -0.39 is 0 Å². The third kappa shape index (κ3) is 1.63. The minimum Gasteiger partial charge on any atom is -0.311 e. The minimum absolute atomic E-state index is 0.278. The van der Waals surface area contributed by atoms with E-state index in [0.29, 0.717) is 16.9 Å². The summed E-state index contributed by atoms with van der Waals surface area (Å²) < 4.78 is 6.43. The summed E-state index contributed by atoms with van der Waals surface area (Å²) in [4.78, 5) is 29.0. The van der Waals surface area contributed by atoms with Gasteiger partial charge in [-0.3, -0.25) is 18.3 Å². The molecule has 112 valence electrons. The zero-order chi connectivity index (χ0) is 15.5. The first kappa shape index (κ1) is 13.7. The molecule has 1 atom stereocenters. The SMILES string of the molecule is CC[C@@H](C)n1c(C)cn2c3c(=O)n(C)c(=O)n(C)c3nc12. The second-order valence-corrected chi connectivity index (χ2v) is 5.56. The molecule has 3 heterocycles. The molecule has 0 radical (unpaired) electrons. The van der Waals surface area contributed by atoms with Crippen LogP contribution in [0.15, 0.2) is 15.8 Å². The van der Waals surface area contributed by atoms with E-state index in [1.165, 1.54) is 11.6 Å². The van der Waals surface area contributed by atoms with E-state index in [0.717, 1.165) is 16.7 Å². The maximum Gasteiger partial charge on any atom is 0.332 e. The summed E-state index contributed by atoms with van der Waals surface area (Å²) >= 11 is 0. The van der Waals surface area contributed by atoms with Crippen molar-refractivity contribution in [3.63, 3.8) is 0 Å². The van der Waals surface area contributed by atoms with Gasteiger partial charge in [0.2, 0.25) is 5.78 Å². The van der Waals surface area contributed by atoms with Crippen LogP contribution in [0.5, 0.6) is 0 Å². The molecule has 0 amide bonds. The van der Waals surface area contributed by atoms with Crippen LogP contribution in [0.2, 0.25) is 0 Å². The summed E-state index contributed by atoms with van der Waals surface area (Å²) in [6, 6.07) is 0.278. The highest BCUT2D eigenvalue weighted by atomic mass is 16.2. The van der Waals surface area contributed by atoms with Crippen molar-refractivity contribution in [2.45, 2.75) is 33.2 Å². The number of aryl methyl sites for hydroxylation is 2. The Morgan fingerprint density at radius 2 is 1.90 bits per heavy atom. The van der Waals surface area contributed by atoms with Gasteiger partial charge in [0.25, 0.3) is 5.56 Å². The van der Waals surface area contributed by atoms with Gasteiger partial charge in [-0.25, -0.2) is 4.79 Å². The van der Waals surface area contributed by atoms with Crippen molar-refractivity contribution < 1.29 is 0 Å². The van der Waals surface area contributed by atoms with Crippen LogP contribution in [0.25, 0.3) is 16.9 Å². The molecule has 3 rings (SSSR count). The lowest BCUT2D eigenvalue weighted by Gasteiger charge is -2.12. The number of hydrogen-bond donors (Lipinski definition) is 0. The van der Waals surface area contributed by atoms with E-state index in [-0.39, 0.29) is 17.3 Å². The maximum absolute atomic E-state index is 12.4. The van der Waals surface area contributed by atoms with Crippen molar-refractivity contribution in [3.05, 3.63) is 32.7 Å². The highest BCUT2D eigenvalue weighted by Gasteiger charge is 2.20. The summed E-state index contributed by atoms with van der Waals surface area (Å²) in [5.74, 6) is 0.704. The van der Waals surface area contributed by atoms with Gasteiger partial charge in [0, 0.05) is 32.0 Å². The van der Waals surface area contributed by atoms with E-state index in [2.05, 4.69) is 23.4 Å². The standard InChI is InChI=1S/C14H19N5O2/c1-6-8(2)19-9(3)7-18-10-11(15-13(18)19)16(4)14(21)17(5)12(10)20/h7-8H,6H2,1-5H3/t8-/m1/s1. The Morgan fingerprint density at radius 1 is 1.24 bits per heavy atom. The molecule has 21 heavy (non-hydrogen) atoms. The van der Waals surface area contributed by atoms with Crippen LogP contribution in [-0.4, -0.2) is 23.1 Å². The Morgan fingerprint density at radius 3 is 2.52 bits per heavy atom. The third-order valence-electron chi connectivity index (χ3n) is 4.22. The Labute approximate surface area is 121 Å². The lowest BCUT2D eigenvalue weighted by molar-refractivity contribution is 0.532. The molecule has 0 aromatic carbocycles. The van der Waals surface area contributed by atoms with Crippen LogP contribution in [-0.2, 0) is 14.1 Å². The maximum atomic E-state index is 12.4. The number of aromatic nitrogens is 5. The Hall–Kier alpha value is -2.31. The molecule has 3 aromatic heterocycles. The van der Waals surface area contributed by atoms with Crippen LogP contribution in [0.3, 0.4) is 0 Å². The van der Waals surface area contributed by atoms with Gasteiger partial charge in [-0.1, -0.05) is 6.92 Å². The first-order valence-corrected chi connectivity index (χ1v) is 7.04. The van der Waals surface area contributed by atoms with Crippen molar-refractivity contribution in [2.75, 3.05) is 0 Å². The first-order valence-electron chi connectivity index (χ1n) is 7.04. The van der Waals surface area contributed by atoms with Crippen molar-refractivity contribution in [2.24, 2.45) is 14.1 Å². The van der Waals surface area contributed by atoms with E-state index >= 15 is 0 Å². The quantitative estimate of drug-likeness (QED) is 0.706. The molecule has 0 spiro atoms. The smallest absolute Gasteiger partial charge is 0.311 e. The molecule has 7 nitrogen and oxygen atoms in total. The summed E-state index contributed by atoms with van der Waals surface area (Å²) in [5.41, 5.74) is 1.24. The Kier molecular flexibility index (Phi) is 2.82. The van der Waals surface area contributed by atoms with Crippen molar-refractivity contribution in [1.29, 1.82) is 0 Å². The largest absolute Gasteiger partial charge is 0.332 e. The molecular weight excluding hydrogens is 270 g/mol. The zero-order valence-electron chi connectivity index (χ0n) is 12.9. The van der Waals surface area contributed by atoms with Crippen molar-refractivity contribution in [3.8, 4) is 0 Å². The van der Waals surface area contributed by atoms with E-state index in [1.807, 2.05) is 13.1 Å². The summed E-state index contributed by atoms with van der Waals surface area (Å²) in [6.45, 7) is 6.22. The van der Waals surface area contributed by atoms with Crippen LogP contribution in [0, 0.1) is 6.92 Å². The predicted molar refractivity (Wildman–Crippen MR) is 80.9 cm³/mol. The third-order valence-corrected chi connectivity index (χ3v) is 4.22. The number of nitrogens with zero attached hydrogens (tertiary/aromatic N) is 5. The molecule has 0 saturated heterocycles. The molecule has 0 aliphatic heterocycles. The molecule has 0 unspecified atom stereocenters. The van der Waals surface area contributed by atoms with Gasteiger partial charge in [-0.15, -0.1) is 0 Å². The number of fused-ring (bicyclic) bond motifs is 3. The molecule has 0 fully saturated rings. The fourth-order valence-corrected chi connectivity index (χ4v) is 2.83. The fraction of sp³-hybridized carbons (Fsp3) is 0.500. The van der Waals surface area contributed by atoms with Crippen molar-refractivity contribution >= 4 is 16.9 Å². The molecule has 0 aliphatic rings. The monoisotopic (exact) mass is 289 g/mol. The van der Waals surface area contributed by atoms with Crippen LogP contribution in [0.1, 0.15) is 32.0 Å². The zero-order valence-corrected chi connectivity index (χ0v) is 12.9. The van der Waals surface area contributed by atoms with Crippen LogP contribution in [0.4, 0.5) is 0 Å². The summed E-state index contributed by atoms with van der Waals surface area (Å²) in [7, 11) is 3.12. The minimum atomic E-state index is -0.361. The average molecular weight is 289 g/mol. The predicted octanol–water partition coefficient (Wildman–Crippen LogP) is 0.966. The lowest BCUT2D eigenvalue weighted by Crippen LogP contribution is -2.37. The molecular formula is C14H19N5O2. The second-order valence-electron chi connectivity index (χ2n) is 5.56. The molecule has 0 N–H and O–H groups in total. The van der Waals surface area contributed by atoms with Crippen molar-refractivity contribution in [1.82, 2.24) is 23.1 Å². The summed E-state index contributed by atoms with van der Waals surface area (Å²) in [5, 5.41) is 0. The first-order chi connectivity index (χ1) is 9.88. The lowest BCUT2D eigenvalue weighted by atomic mass is 10.2. The Bertz CT molecular complexity index is 969. The van der Waals surface area contributed by atoms with E-state index in [1.54, 1.807) is 11.4 Å². The molecule has 0 saturated carbocycles. The van der Waals surface area contributed by atoms with Gasteiger partial charge in [-0.05, 0) is 20.3 Å². The van der Waals surface area contributed by atoms with Gasteiger partial charge >= 0.3 is 5.69 Å². The molecule has 3 aromatic rings. The average Bonchev–Trinajstić information content (AvgIpc) is 2.96. The van der Waals surface area contributed by atoms with Gasteiger partial charge in [-0.2, -0.15) is 4.98 Å². The highest BCUT2D eigenvalue weighted by molar-refractivity contribution is 5.75. The fourth-order valence-electron chi connectivity index (χ4n) is 2.83. The van der Waals surface area contributed by atoms with E-state index in [9.17, 15) is 9.59 Å². The van der Waals surface area contributed by atoms with Gasteiger partial charge in [0.15, 0.2) is 11.2 Å². The number of hydrogen-bond acceptors (Lipinski definition) is 3. The van der Waals surface area contributed by atoms with Gasteiger partial charge in [0.1, 0.15) is 0 Å². The Balaban J connectivity index is 2.57. The summed E-state index contributed by atoms with van der Waals surface area (Å²) in [6.07, 6.45) is 2.87. The molecule has 0 aliphatic carbocycles. The van der Waals surface area contributed by atoms with Gasteiger partial charge in [0.05, 0.1) is 0 Å². The van der Waals surface area contributed by atoms with Gasteiger partial charge < -0.3 is 4.57 Å². The topological polar surface area (TPSA) is 66.2 Å². The normalized spacial score (nSPS) is 13.4. The molecule has 7 heteroatoms. The van der Waals surface area contributed by atoms with Crippen LogP contribution >= 0.6 is 0 Å². The number of imidazole rings is 2. The molecule has 0 bridgehead atoms. The highest BCUT2D eigenvalue weighted by Crippen LogP contribution is 2.21. The second kappa shape index (κ2) is 4.34. The van der Waals surface area contributed by atoms with Crippen LogP contribution < -0.4 is 11.2 Å².